The number of hydrogen-bond donors (Lipinski definition) is 2. The number of sulfonamides is 1. The summed E-state index contributed by atoms with van der Waals surface area (Å²) in [5.41, 5.74) is 6.60. The lowest BCUT2D eigenvalue weighted by atomic mass is 10.2. The summed E-state index contributed by atoms with van der Waals surface area (Å²) in [6.45, 7) is 0.136. The van der Waals surface area contributed by atoms with Crippen LogP contribution in [0.15, 0.2) is 40.7 Å². The van der Waals surface area contributed by atoms with Gasteiger partial charge in [-0.15, -0.1) is 11.3 Å². The van der Waals surface area contributed by atoms with Gasteiger partial charge in [-0.1, -0.05) is 6.07 Å². The molecule has 3 rings (SSSR count). The number of hydrogen-bond acceptors (Lipinski definition) is 6. The second kappa shape index (κ2) is 6.60. The Bertz CT molecular complexity index is 835. The summed E-state index contributed by atoms with van der Waals surface area (Å²) in [6, 6.07) is 7.62. The first-order chi connectivity index (χ1) is 11.4. The van der Waals surface area contributed by atoms with Gasteiger partial charge in [0.1, 0.15) is 10.3 Å². The molecule has 0 spiro atoms. The molecule has 1 fully saturated rings. The molecule has 0 saturated carbocycles. The van der Waals surface area contributed by atoms with Gasteiger partial charge >= 0.3 is 0 Å². The Balaban J connectivity index is 1.93. The van der Waals surface area contributed by atoms with E-state index in [2.05, 4.69) is 10.3 Å². The fourth-order valence-corrected chi connectivity index (χ4v) is 5.80. The Labute approximate surface area is 144 Å². The molecule has 0 aliphatic carbocycles. The van der Waals surface area contributed by atoms with Gasteiger partial charge in [0.25, 0.3) is 10.0 Å². The van der Waals surface area contributed by atoms with Crippen LogP contribution in [0.3, 0.4) is 0 Å². The van der Waals surface area contributed by atoms with Crippen LogP contribution in [0.5, 0.6) is 0 Å². The number of carbonyl (C=O) groups excluding carboxylic acids is 1. The Kier molecular flexibility index (Phi) is 4.68. The topological polar surface area (TPSA) is 105 Å². The average molecular weight is 366 g/mol. The Morgan fingerprint density at radius 1 is 1.38 bits per heavy atom. The molecule has 0 unspecified atom stereocenters. The van der Waals surface area contributed by atoms with Crippen LogP contribution in [-0.2, 0) is 14.8 Å². The number of amides is 1. The van der Waals surface area contributed by atoms with Gasteiger partial charge in [0.05, 0.1) is 10.6 Å². The lowest BCUT2D eigenvalue weighted by molar-refractivity contribution is -0.123. The van der Waals surface area contributed by atoms with Crippen LogP contribution in [0.4, 0.5) is 0 Å². The molecule has 1 amide bonds. The molecule has 2 aromatic heterocycles. The molecule has 1 saturated heterocycles. The van der Waals surface area contributed by atoms with Crippen LogP contribution in [0.25, 0.3) is 10.6 Å². The van der Waals surface area contributed by atoms with Crippen molar-refractivity contribution in [2.24, 2.45) is 5.73 Å². The van der Waals surface area contributed by atoms with Crippen molar-refractivity contribution < 1.29 is 13.2 Å². The number of likely N-dealkylation sites (N-methyl/N-ethyl adjacent to an activating group) is 1. The number of carbonyl (C=O) groups is 1. The van der Waals surface area contributed by atoms with Gasteiger partial charge in [0, 0.05) is 25.8 Å². The summed E-state index contributed by atoms with van der Waals surface area (Å²) in [4.78, 5) is 17.0. The van der Waals surface area contributed by atoms with Gasteiger partial charge in [-0.05, 0) is 30.7 Å². The van der Waals surface area contributed by atoms with E-state index in [1.54, 1.807) is 24.4 Å². The van der Waals surface area contributed by atoms with Gasteiger partial charge in [-0.2, -0.15) is 4.31 Å². The van der Waals surface area contributed by atoms with Gasteiger partial charge < -0.3 is 11.1 Å². The molecule has 1 aliphatic rings. The lowest BCUT2D eigenvalue weighted by Gasteiger charge is -2.21. The Morgan fingerprint density at radius 3 is 2.83 bits per heavy atom. The largest absolute Gasteiger partial charge is 0.358 e. The number of aromatic nitrogens is 1. The molecule has 3 N–H and O–H groups in total. The van der Waals surface area contributed by atoms with Crippen LogP contribution >= 0.6 is 11.3 Å². The van der Waals surface area contributed by atoms with E-state index < -0.39 is 16.1 Å². The van der Waals surface area contributed by atoms with Crippen molar-refractivity contribution in [2.75, 3.05) is 13.6 Å². The van der Waals surface area contributed by atoms with Crippen molar-refractivity contribution in [3.63, 3.8) is 0 Å². The molecule has 128 valence electrons. The first-order valence-corrected chi connectivity index (χ1v) is 9.69. The third-order valence-corrected chi connectivity index (χ3v) is 7.35. The highest BCUT2D eigenvalue weighted by Crippen LogP contribution is 2.33. The monoisotopic (exact) mass is 366 g/mol. The highest BCUT2D eigenvalue weighted by Gasteiger charge is 2.43. The molecule has 2 aromatic rings. The van der Waals surface area contributed by atoms with E-state index >= 15 is 0 Å². The summed E-state index contributed by atoms with van der Waals surface area (Å²) in [5.74, 6) is -0.340. The predicted molar refractivity (Wildman–Crippen MR) is 91.9 cm³/mol. The summed E-state index contributed by atoms with van der Waals surface area (Å²) in [5, 5.41) is 2.50. The maximum absolute atomic E-state index is 12.9. The fourth-order valence-electron chi connectivity index (χ4n) is 2.73. The standard InChI is InChI=1S/C15H18N4O3S2/c1-17-15(20)12-8-10(16)9-19(12)24(21,22)14-6-5-13(23-14)11-4-2-3-7-18-11/h2-7,10,12H,8-9,16H2,1H3,(H,17,20)/t10-,12-/m0/s1. The second-order valence-corrected chi connectivity index (χ2v) is 8.74. The van der Waals surface area contributed by atoms with E-state index in [0.29, 0.717) is 12.1 Å². The normalized spacial score (nSPS) is 21.8. The van der Waals surface area contributed by atoms with E-state index in [-0.39, 0.29) is 22.7 Å². The third kappa shape index (κ3) is 3.07. The van der Waals surface area contributed by atoms with Gasteiger partial charge in [-0.3, -0.25) is 9.78 Å². The molecule has 2 atom stereocenters. The number of rotatable bonds is 4. The quantitative estimate of drug-likeness (QED) is 0.826. The lowest BCUT2D eigenvalue weighted by Crippen LogP contribution is -2.44. The maximum atomic E-state index is 12.9. The number of nitrogens with zero attached hydrogens (tertiary/aromatic N) is 2. The number of nitrogens with two attached hydrogens (primary N) is 1. The molecule has 1 aliphatic heterocycles. The van der Waals surface area contributed by atoms with E-state index in [4.69, 9.17) is 5.73 Å². The van der Waals surface area contributed by atoms with Crippen LogP contribution in [-0.4, -0.2) is 49.3 Å². The first-order valence-electron chi connectivity index (χ1n) is 7.43. The zero-order chi connectivity index (χ0) is 17.3. The van der Waals surface area contributed by atoms with Gasteiger partial charge in [0.15, 0.2) is 0 Å². The molecule has 3 heterocycles. The summed E-state index contributed by atoms with van der Waals surface area (Å²) < 4.78 is 27.3. The van der Waals surface area contributed by atoms with Crippen molar-refractivity contribution >= 4 is 27.3 Å². The zero-order valence-electron chi connectivity index (χ0n) is 13.0. The van der Waals surface area contributed by atoms with Gasteiger partial charge in [-0.25, -0.2) is 8.42 Å². The summed E-state index contributed by atoms with van der Waals surface area (Å²) >= 11 is 1.14. The molecule has 0 aromatic carbocycles. The van der Waals surface area contributed by atoms with Crippen molar-refractivity contribution in [3.8, 4) is 10.6 Å². The van der Waals surface area contributed by atoms with E-state index in [0.717, 1.165) is 16.2 Å². The zero-order valence-corrected chi connectivity index (χ0v) is 14.7. The molecule has 7 nitrogen and oxygen atoms in total. The number of nitrogens with one attached hydrogen (secondary N) is 1. The maximum Gasteiger partial charge on any atom is 0.253 e. The minimum atomic E-state index is -3.78. The predicted octanol–water partition coefficient (Wildman–Crippen LogP) is 0.646. The number of pyridine rings is 1. The average Bonchev–Trinajstić information content (AvgIpc) is 3.22. The minimum Gasteiger partial charge on any atom is -0.358 e. The van der Waals surface area contributed by atoms with Crippen molar-refractivity contribution in [2.45, 2.75) is 22.7 Å². The molecule has 9 heteroatoms. The van der Waals surface area contributed by atoms with Crippen LogP contribution in [0, 0.1) is 0 Å². The fraction of sp³-hybridized carbons (Fsp3) is 0.333. The molecule has 0 bridgehead atoms. The first kappa shape index (κ1) is 17.0. The van der Waals surface area contributed by atoms with Crippen LogP contribution < -0.4 is 11.1 Å². The number of thiophene rings is 1. The van der Waals surface area contributed by atoms with Gasteiger partial charge in [0.2, 0.25) is 5.91 Å². The summed E-state index contributed by atoms with van der Waals surface area (Å²) in [6.07, 6.45) is 1.97. The molecular formula is C15H18N4O3S2. The molecule has 24 heavy (non-hydrogen) atoms. The highest BCUT2D eigenvalue weighted by molar-refractivity contribution is 7.91. The molecule has 0 radical (unpaired) electrons. The minimum absolute atomic E-state index is 0.136. The SMILES string of the molecule is CNC(=O)[C@@H]1C[C@H](N)CN1S(=O)(=O)c1ccc(-c2ccccn2)s1. The Hall–Kier alpha value is -1.81. The highest BCUT2D eigenvalue weighted by atomic mass is 32.2. The van der Waals surface area contributed by atoms with Crippen molar-refractivity contribution in [3.05, 3.63) is 36.5 Å². The van der Waals surface area contributed by atoms with Crippen LogP contribution in [0.2, 0.25) is 0 Å². The summed E-state index contributed by atoms with van der Waals surface area (Å²) in [7, 11) is -2.29. The molecular weight excluding hydrogens is 348 g/mol. The van der Waals surface area contributed by atoms with E-state index in [9.17, 15) is 13.2 Å². The van der Waals surface area contributed by atoms with Crippen molar-refractivity contribution in [1.82, 2.24) is 14.6 Å². The Morgan fingerprint density at radius 2 is 2.17 bits per heavy atom. The van der Waals surface area contributed by atoms with E-state index in [1.807, 2.05) is 12.1 Å². The van der Waals surface area contributed by atoms with Crippen molar-refractivity contribution in [1.29, 1.82) is 0 Å². The van der Waals surface area contributed by atoms with E-state index in [1.165, 1.54) is 11.4 Å². The smallest absolute Gasteiger partial charge is 0.253 e. The second-order valence-electron chi connectivity index (χ2n) is 5.53. The third-order valence-electron chi connectivity index (χ3n) is 3.90. The van der Waals surface area contributed by atoms with Crippen LogP contribution in [0.1, 0.15) is 6.42 Å².